The molecule has 0 saturated carbocycles. The molecule has 0 spiro atoms. The number of rotatable bonds is 2. The highest BCUT2D eigenvalue weighted by Crippen LogP contribution is 2.23. The van der Waals surface area contributed by atoms with E-state index in [1.54, 1.807) is 18.2 Å². The molecule has 18 heavy (non-hydrogen) atoms. The summed E-state index contributed by atoms with van der Waals surface area (Å²) in [7, 11) is 0. The molecule has 0 aliphatic carbocycles. The third kappa shape index (κ3) is 1.91. The predicted molar refractivity (Wildman–Crippen MR) is 66.9 cm³/mol. The Kier molecular flexibility index (Phi) is 2.45. The number of carbonyl (C=O) groups is 1. The molecule has 3 aromatic heterocycles. The van der Waals surface area contributed by atoms with Crippen LogP contribution in [0.5, 0.6) is 0 Å². The first-order valence-electron chi connectivity index (χ1n) is 5.07. The molecule has 0 fully saturated rings. The molecule has 0 saturated heterocycles. The molecule has 90 valence electrons. The summed E-state index contributed by atoms with van der Waals surface area (Å²) in [5.74, 6) is -0.163. The van der Waals surface area contributed by atoms with Crippen LogP contribution in [-0.2, 0) is 0 Å². The molecule has 3 heterocycles. The summed E-state index contributed by atoms with van der Waals surface area (Å²) in [5.41, 5.74) is 0.435. The number of furan rings is 1. The second-order valence-corrected chi connectivity index (χ2v) is 4.49. The van der Waals surface area contributed by atoms with Gasteiger partial charge in [-0.15, -0.1) is 0 Å². The van der Waals surface area contributed by atoms with Gasteiger partial charge in [0.05, 0.1) is 6.26 Å². The maximum Gasteiger partial charge on any atom is 0.293 e. The van der Waals surface area contributed by atoms with E-state index in [-0.39, 0.29) is 17.2 Å². The van der Waals surface area contributed by atoms with Gasteiger partial charge in [-0.3, -0.25) is 14.9 Å². The third-order valence-electron chi connectivity index (χ3n) is 2.25. The Morgan fingerprint density at radius 1 is 1.39 bits per heavy atom. The van der Waals surface area contributed by atoms with E-state index >= 15 is 0 Å². The average Bonchev–Trinajstić information content (AvgIpc) is 2.95. The lowest BCUT2D eigenvalue weighted by Gasteiger charge is -1.96. The number of H-pyrrole nitrogens is 1. The standard InChI is InChI=1S/C11H7N3O3S/c15-8-4-3-6-10(13-8)18-11(12-6)14-9(16)7-2-1-5-17-7/h1-5H,(H,13,15)(H,12,14,16). The van der Waals surface area contributed by atoms with Gasteiger partial charge < -0.3 is 9.40 Å². The number of aromatic amines is 1. The largest absolute Gasteiger partial charge is 0.459 e. The van der Waals surface area contributed by atoms with E-state index in [9.17, 15) is 9.59 Å². The molecule has 0 aromatic carbocycles. The Labute approximate surface area is 104 Å². The van der Waals surface area contributed by atoms with Crippen molar-refractivity contribution in [2.24, 2.45) is 0 Å². The van der Waals surface area contributed by atoms with Crippen molar-refractivity contribution < 1.29 is 9.21 Å². The van der Waals surface area contributed by atoms with Crippen LogP contribution in [0.2, 0.25) is 0 Å². The monoisotopic (exact) mass is 261 g/mol. The number of thiazole rings is 1. The molecule has 0 aliphatic heterocycles. The summed E-state index contributed by atoms with van der Waals surface area (Å²) in [4.78, 5) is 30.3. The zero-order chi connectivity index (χ0) is 12.5. The highest BCUT2D eigenvalue weighted by molar-refractivity contribution is 7.21. The fourth-order valence-electron chi connectivity index (χ4n) is 1.46. The molecular weight excluding hydrogens is 254 g/mol. The van der Waals surface area contributed by atoms with Gasteiger partial charge in [-0.05, 0) is 18.2 Å². The van der Waals surface area contributed by atoms with Crippen LogP contribution in [0.1, 0.15) is 10.6 Å². The van der Waals surface area contributed by atoms with Crippen LogP contribution in [0.15, 0.2) is 39.7 Å². The van der Waals surface area contributed by atoms with Gasteiger partial charge in [0.2, 0.25) is 5.56 Å². The van der Waals surface area contributed by atoms with Gasteiger partial charge in [-0.2, -0.15) is 0 Å². The van der Waals surface area contributed by atoms with Crippen molar-refractivity contribution in [2.75, 3.05) is 5.32 Å². The molecule has 1 amide bonds. The Bertz CT molecular complexity index is 757. The molecule has 0 unspecified atom stereocenters. The third-order valence-corrected chi connectivity index (χ3v) is 3.15. The number of hydrogen-bond donors (Lipinski definition) is 2. The second-order valence-electron chi connectivity index (χ2n) is 3.49. The lowest BCUT2D eigenvalue weighted by Crippen LogP contribution is -2.10. The van der Waals surface area contributed by atoms with Crippen molar-refractivity contribution in [3.8, 4) is 0 Å². The van der Waals surface area contributed by atoms with Gasteiger partial charge >= 0.3 is 0 Å². The molecular formula is C11H7N3O3S. The summed E-state index contributed by atoms with van der Waals surface area (Å²) >= 11 is 1.20. The molecule has 0 bridgehead atoms. The summed E-state index contributed by atoms with van der Waals surface area (Å²) in [6, 6.07) is 6.18. The lowest BCUT2D eigenvalue weighted by molar-refractivity contribution is 0.0996. The van der Waals surface area contributed by atoms with E-state index in [0.717, 1.165) is 0 Å². The smallest absolute Gasteiger partial charge is 0.293 e. The van der Waals surface area contributed by atoms with Crippen LogP contribution >= 0.6 is 11.3 Å². The highest BCUT2D eigenvalue weighted by Gasteiger charge is 2.12. The van der Waals surface area contributed by atoms with E-state index in [1.165, 1.54) is 23.7 Å². The second kappa shape index (κ2) is 4.11. The summed E-state index contributed by atoms with van der Waals surface area (Å²) in [6.45, 7) is 0. The topological polar surface area (TPSA) is 88.0 Å². The van der Waals surface area contributed by atoms with Crippen molar-refractivity contribution in [3.63, 3.8) is 0 Å². The predicted octanol–water partition coefficient (Wildman–Crippen LogP) is 1.83. The number of fused-ring (bicyclic) bond motifs is 1. The quantitative estimate of drug-likeness (QED) is 0.736. The maximum absolute atomic E-state index is 11.7. The molecule has 0 radical (unpaired) electrons. The fourth-order valence-corrected chi connectivity index (χ4v) is 2.31. The number of anilines is 1. The first-order valence-corrected chi connectivity index (χ1v) is 5.89. The van der Waals surface area contributed by atoms with Crippen molar-refractivity contribution in [2.45, 2.75) is 0 Å². The molecule has 0 aliphatic rings. The van der Waals surface area contributed by atoms with E-state index in [1.807, 2.05) is 0 Å². The summed E-state index contributed by atoms with van der Waals surface area (Å²) in [6.07, 6.45) is 1.42. The Balaban J connectivity index is 1.91. The number of aromatic nitrogens is 2. The van der Waals surface area contributed by atoms with Crippen LogP contribution in [0.4, 0.5) is 5.13 Å². The Hall–Kier alpha value is -2.41. The van der Waals surface area contributed by atoms with Gasteiger partial charge in [-0.1, -0.05) is 11.3 Å². The molecule has 6 nitrogen and oxygen atoms in total. The van der Waals surface area contributed by atoms with Crippen molar-refractivity contribution in [1.29, 1.82) is 0 Å². The van der Waals surface area contributed by atoms with Gasteiger partial charge in [0.1, 0.15) is 10.3 Å². The van der Waals surface area contributed by atoms with Crippen molar-refractivity contribution in [1.82, 2.24) is 9.97 Å². The van der Waals surface area contributed by atoms with Gasteiger partial charge in [0, 0.05) is 6.07 Å². The SMILES string of the molecule is O=C(Nc1nc2ccc(=O)[nH]c2s1)c1ccco1. The highest BCUT2D eigenvalue weighted by atomic mass is 32.1. The molecule has 3 aromatic rings. The number of nitrogens with one attached hydrogen (secondary N) is 2. The Morgan fingerprint density at radius 2 is 2.28 bits per heavy atom. The van der Waals surface area contributed by atoms with Crippen LogP contribution in [-0.4, -0.2) is 15.9 Å². The minimum Gasteiger partial charge on any atom is -0.459 e. The first kappa shape index (κ1) is 10.7. The van der Waals surface area contributed by atoms with Crippen LogP contribution in [0.3, 0.4) is 0 Å². The van der Waals surface area contributed by atoms with Crippen LogP contribution in [0.25, 0.3) is 10.3 Å². The van der Waals surface area contributed by atoms with Crippen molar-refractivity contribution >= 4 is 32.7 Å². The normalized spacial score (nSPS) is 10.7. The number of amides is 1. The zero-order valence-corrected chi connectivity index (χ0v) is 9.78. The molecule has 3 rings (SSSR count). The van der Waals surface area contributed by atoms with Gasteiger partial charge in [-0.25, -0.2) is 4.98 Å². The Morgan fingerprint density at radius 3 is 3.06 bits per heavy atom. The molecule has 7 heteroatoms. The molecule has 2 N–H and O–H groups in total. The first-order chi connectivity index (χ1) is 8.72. The van der Waals surface area contributed by atoms with Gasteiger partial charge in [0.15, 0.2) is 10.9 Å². The number of pyridine rings is 1. The van der Waals surface area contributed by atoms with E-state index in [4.69, 9.17) is 4.42 Å². The minimum atomic E-state index is -0.374. The van der Waals surface area contributed by atoms with E-state index in [0.29, 0.717) is 15.5 Å². The van der Waals surface area contributed by atoms with E-state index < -0.39 is 0 Å². The minimum absolute atomic E-state index is 0.199. The van der Waals surface area contributed by atoms with Gasteiger partial charge in [0.25, 0.3) is 5.91 Å². The summed E-state index contributed by atoms with van der Waals surface area (Å²) in [5, 5.41) is 3.02. The average molecular weight is 261 g/mol. The maximum atomic E-state index is 11.7. The van der Waals surface area contributed by atoms with Crippen LogP contribution < -0.4 is 10.9 Å². The number of carbonyl (C=O) groups excluding carboxylic acids is 1. The lowest BCUT2D eigenvalue weighted by atomic mass is 10.4. The van der Waals surface area contributed by atoms with Crippen molar-refractivity contribution in [3.05, 3.63) is 46.6 Å². The number of nitrogens with zero attached hydrogens (tertiary/aromatic N) is 1. The van der Waals surface area contributed by atoms with E-state index in [2.05, 4.69) is 15.3 Å². The fraction of sp³-hybridized carbons (Fsp3) is 0. The number of hydrogen-bond acceptors (Lipinski definition) is 5. The molecule has 0 atom stereocenters. The van der Waals surface area contributed by atoms with Crippen LogP contribution in [0, 0.1) is 0 Å². The summed E-state index contributed by atoms with van der Waals surface area (Å²) < 4.78 is 4.97. The zero-order valence-electron chi connectivity index (χ0n) is 8.97.